The maximum atomic E-state index is 12.8. The molecule has 0 fully saturated rings. The molecule has 114 valence electrons. The largest absolute Gasteiger partial charge is 0.383 e. The summed E-state index contributed by atoms with van der Waals surface area (Å²) in [5.41, 5.74) is 1.29. The molecule has 6 heteroatoms. The molecule has 2 aromatic rings. The van der Waals surface area contributed by atoms with Crippen molar-refractivity contribution in [2.75, 3.05) is 5.32 Å². The molecule has 0 heterocycles. The zero-order valence-corrected chi connectivity index (χ0v) is 12.5. The molecule has 1 amide bonds. The van der Waals surface area contributed by atoms with Crippen LogP contribution in [-0.2, 0) is 9.63 Å². The number of benzene rings is 2. The molecule has 0 aliphatic heterocycles. The summed E-state index contributed by atoms with van der Waals surface area (Å²) in [5.74, 6) is -0.741. The summed E-state index contributed by atoms with van der Waals surface area (Å²) in [7, 11) is 0. The number of amides is 1. The Bertz CT molecular complexity index is 657. The van der Waals surface area contributed by atoms with Crippen LogP contribution >= 0.6 is 11.6 Å². The van der Waals surface area contributed by atoms with Gasteiger partial charge in [0.1, 0.15) is 5.82 Å². The van der Waals surface area contributed by atoms with Crippen LogP contribution in [0.4, 0.5) is 10.1 Å². The number of anilines is 1. The summed E-state index contributed by atoms with van der Waals surface area (Å²) in [6, 6.07) is 12.5. The van der Waals surface area contributed by atoms with Crippen LogP contribution in [0.2, 0.25) is 5.02 Å². The second-order valence-electron chi connectivity index (χ2n) is 4.53. The van der Waals surface area contributed by atoms with Gasteiger partial charge in [-0.2, -0.15) is 0 Å². The average Bonchev–Trinajstić information content (AvgIpc) is 2.51. The van der Waals surface area contributed by atoms with Crippen molar-refractivity contribution in [2.45, 2.75) is 13.0 Å². The minimum Gasteiger partial charge on any atom is -0.383 e. The molecule has 2 aromatic carbocycles. The Balaban J connectivity index is 1.85. The summed E-state index contributed by atoms with van der Waals surface area (Å²) in [6.07, 6.45) is 0.700. The van der Waals surface area contributed by atoms with E-state index in [0.717, 1.165) is 5.56 Å². The van der Waals surface area contributed by atoms with E-state index in [1.54, 1.807) is 31.2 Å². The van der Waals surface area contributed by atoms with Gasteiger partial charge in [0.05, 0.1) is 6.21 Å². The highest BCUT2D eigenvalue weighted by Gasteiger charge is 2.14. The van der Waals surface area contributed by atoms with Crippen molar-refractivity contribution in [2.24, 2.45) is 5.16 Å². The maximum Gasteiger partial charge on any atom is 0.267 e. The Hall–Kier alpha value is -2.40. The molecule has 0 aliphatic rings. The molecule has 0 aromatic heterocycles. The zero-order valence-electron chi connectivity index (χ0n) is 11.8. The number of rotatable bonds is 5. The highest BCUT2D eigenvalue weighted by molar-refractivity contribution is 6.30. The lowest BCUT2D eigenvalue weighted by Gasteiger charge is -2.10. The molecule has 2 rings (SSSR count). The Morgan fingerprint density at radius 3 is 2.50 bits per heavy atom. The van der Waals surface area contributed by atoms with Crippen molar-refractivity contribution in [3.05, 3.63) is 64.9 Å². The first-order valence-electron chi connectivity index (χ1n) is 6.56. The van der Waals surface area contributed by atoms with E-state index in [2.05, 4.69) is 10.5 Å². The number of halogens is 2. The summed E-state index contributed by atoms with van der Waals surface area (Å²) in [4.78, 5) is 16.9. The number of carbonyl (C=O) groups excluding carboxylic acids is 1. The number of carbonyl (C=O) groups is 1. The average molecular weight is 321 g/mol. The van der Waals surface area contributed by atoms with Crippen molar-refractivity contribution in [1.82, 2.24) is 0 Å². The van der Waals surface area contributed by atoms with Crippen LogP contribution in [-0.4, -0.2) is 18.2 Å². The van der Waals surface area contributed by atoms with Gasteiger partial charge >= 0.3 is 0 Å². The minimum atomic E-state index is -0.784. The van der Waals surface area contributed by atoms with E-state index in [9.17, 15) is 9.18 Å². The summed E-state index contributed by atoms with van der Waals surface area (Å²) in [5, 5.41) is 6.99. The van der Waals surface area contributed by atoms with Gasteiger partial charge in [-0.1, -0.05) is 28.9 Å². The van der Waals surface area contributed by atoms with Crippen molar-refractivity contribution >= 4 is 29.4 Å². The quantitative estimate of drug-likeness (QED) is 0.672. The molecule has 1 atom stereocenters. The van der Waals surface area contributed by atoms with Crippen LogP contribution in [0.1, 0.15) is 12.5 Å². The number of nitrogens with one attached hydrogen (secondary N) is 1. The first-order chi connectivity index (χ1) is 10.5. The van der Waals surface area contributed by atoms with Crippen LogP contribution in [0.25, 0.3) is 0 Å². The van der Waals surface area contributed by atoms with E-state index in [4.69, 9.17) is 16.4 Å². The summed E-state index contributed by atoms with van der Waals surface area (Å²) in [6.45, 7) is 1.57. The normalized spacial score (nSPS) is 12.1. The molecule has 22 heavy (non-hydrogen) atoms. The third-order valence-electron chi connectivity index (χ3n) is 2.77. The van der Waals surface area contributed by atoms with Gasteiger partial charge in [0.25, 0.3) is 5.91 Å². The number of nitrogens with zero attached hydrogens (tertiary/aromatic N) is 1. The molecule has 0 radical (unpaired) electrons. The smallest absolute Gasteiger partial charge is 0.267 e. The van der Waals surface area contributed by atoms with E-state index in [1.807, 2.05) is 0 Å². The monoisotopic (exact) mass is 320 g/mol. The van der Waals surface area contributed by atoms with Crippen molar-refractivity contribution in [3.8, 4) is 0 Å². The summed E-state index contributed by atoms with van der Waals surface area (Å²) >= 11 is 5.77. The number of oxime groups is 1. The molecular formula is C16H14ClFN2O2. The van der Waals surface area contributed by atoms with Gasteiger partial charge in [-0.3, -0.25) is 4.79 Å². The first-order valence-corrected chi connectivity index (χ1v) is 6.93. The minimum absolute atomic E-state index is 0.366. The lowest BCUT2D eigenvalue weighted by atomic mass is 10.2. The third kappa shape index (κ3) is 4.86. The SMILES string of the molecule is C[C@H](O/N=C\c1ccc(Cl)cc1)C(=O)Nc1ccc(F)cc1. The van der Waals surface area contributed by atoms with Crippen molar-refractivity contribution in [3.63, 3.8) is 0 Å². The lowest BCUT2D eigenvalue weighted by Crippen LogP contribution is -2.26. The van der Waals surface area contributed by atoms with E-state index in [1.165, 1.54) is 30.5 Å². The number of hydrogen-bond donors (Lipinski definition) is 1. The standard InChI is InChI=1S/C16H14ClFN2O2/c1-11(16(21)20-15-8-6-14(18)7-9-15)22-19-10-12-2-4-13(17)5-3-12/h2-11H,1H3,(H,20,21)/b19-10-/t11-/m0/s1. The van der Waals surface area contributed by atoms with E-state index >= 15 is 0 Å². The van der Waals surface area contributed by atoms with Crippen molar-refractivity contribution in [1.29, 1.82) is 0 Å². The second-order valence-corrected chi connectivity index (χ2v) is 4.97. The van der Waals surface area contributed by atoms with E-state index in [0.29, 0.717) is 10.7 Å². The fraction of sp³-hybridized carbons (Fsp3) is 0.125. The van der Waals surface area contributed by atoms with Gasteiger partial charge in [0, 0.05) is 10.7 Å². The van der Waals surface area contributed by atoms with Gasteiger partial charge in [-0.25, -0.2) is 4.39 Å². The van der Waals surface area contributed by atoms with Crippen LogP contribution in [0.15, 0.2) is 53.7 Å². The molecule has 0 unspecified atom stereocenters. The fourth-order valence-corrected chi connectivity index (χ4v) is 1.68. The molecule has 0 saturated carbocycles. The van der Waals surface area contributed by atoms with Crippen LogP contribution in [0.3, 0.4) is 0 Å². The third-order valence-corrected chi connectivity index (χ3v) is 3.02. The van der Waals surface area contributed by atoms with Gasteiger partial charge < -0.3 is 10.2 Å². The van der Waals surface area contributed by atoms with E-state index < -0.39 is 6.10 Å². The Kier molecular flexibility index (Phi) is 5.49. The first kappa shape index (κ1) is 16.0. The van der Waals surface area contributed by atoms with Crippen LogP contribution in [0, 0.1) is 5.82 Å². The Morgan fingerprint density at radius 1 is 1.23 bits per heavy atom. The van der Waals surface area contributed by atoms with Crippen LogP contribution in [0.5, 0.6) is 0 Å². The Labute approximate surface area is 132 Å². The van der Waals surface area contributed by atoms with Gasteiger partial charge in [0.2, 0.25) is 6.10 Å². The van der Waals surface area contributed by atoms with E-state index in [-0.39, 0.29) is 11.7 Å². The second kappa shape index (κ2) is 7.56. The van der Waals surface area contributed by atoms with Gasteiger partial charge in [0.15, 0.2) is 0 Å². The predicted octanol–water partition coefficient (Wildman–Crippen LogP) is 3.86. The molecular weight excluding hydrogens is 307 g/mol. The summed E-state index contributed by atoms with van der Waals surface area (Å²) < 4.78 is 12.8. The predicted molar refractivity (Wildman–Crippen MR) is 84.6 cm³/mol. The fourth-order valence-electron chi connectivity index (χ4n) is 1.56. The van der Waals surface area contributed by atoms with Gasteiger partial charge in [-0.15, -0.1) is 0 Å². The topological polar surface area (TPSA) is 50.7 Å². The highest BCUT2D eigenvalue weighted by Crippen LogP contribution is 2.10. The zero-order chi connectivity index (χ0) is 15.9. The molecule has 0 saturated heterocycles. The highest BCUT2D eigenvalue weighted by atomic mass is 35.5. The van der Waals surface area contributed by atoms with Gasteiger partial charge in [-0.05, 0) is 48.9 Å². The molecule has 0 spiro atoms. The Morgan fingerprint density at radius 2 is 1.86 bits per heavy atom. The van der Waals surface area contributed by atoms with Crippen LogP contribution < -0.4 is 5.32 Å². The molecule has 1 N–H and O–H groups in total. The molecule has 4 nitrogen and oxygen atoms in total. The lowest BCUT2D eigenvalue weighted by molar-refractivity contribution is -0.126. The van der Waals surface area contributed by atoms with Crippen molar-refractivity contribution < 1.29 is 14.0 Å². The maximum absolute atomic E-state index is 12.8. The molecule has 0 bridgehead atoms. The molecule has 0 aliphatic carbocycles. The number of hydrogen-bond acceptors (Lipinski definition) is 3.